The van der Waals surface area contributed by atoms with Crippen LogP contribution in [0.25, 0.3) is 0 Å². The average molecular weight is 273 g/mol. The number of nitrogens with one attached hydrogen (secondary N) is 1. The van der Waals surface area contributed by atoms with Crippen molar-refractivity contribution >= 4 is 18.3 Å². The third-order valence-electron chi connectivity index (χ3n) is 4.57. The third-order valence-corrected chi connectivity index (χ3v) is 4.57. The van der Waals surface area contributed by atoms with E-state index in [0.29, 0.717) is 11.8 Å². The largest absolute Gasteiger partial charge is 0.342 e. The van der Waals surface area contributed by atoms with Gasteiger partial charge in [0.25, 0.3) is 0 Å². The van der Waals surface area contributed by atoms with Gasteiger partial charge in [0.1, 0.15) is 0 Å². The summed E-state index contributed by atoms with van der Waals surface area (Å²) in [5, 5.41) is 3.27. The second-order valence-corrected chi connectivity index (χ2v) is 6.34. The summed E-state index contributed by atoms with van der Waals surface area (Å²) in [6, 6.07) is 0. The van der Waals surface area contributed by atoms with Gasteiger partial charge in [-0.1, -0.05) is 6.92 Å². The van der Waals surface area contributed by atoms with Crippen LogP contribution in [0.2, 0.25) is 0 Å². The molecule has 3 fully saturated rings. The number of hydrogen-bond acceptors (Lipinski definition) is 2. The Labute approximate surface area is 116 Å². The molecule has 0 aromatic carbocycles. The maximum absolute atomic E-state index is 12.5. The minimum absolute atomic E-state index is 0. The monoisotopic (exact) mass is 272 g/mol. The molecule has 18 heavy (non-hydrogen) atoms. The summed E-state index contributed by atoms with van der Waals surface area (Å²) >= 11 is 0. The molecule has 0 spiro atoms. The van der Waals surface area contributed by atoms with E-state index in [1.165, 1.54) is 25.7 Å². The van der Waals surface area contributed by atoms with Crippen molar-refractivity contribution in [3.63, 3.8) is 0 Å². The van der Waals surface area contributed by atoms with E-state index in [1.54, 1.807) is 0 Å². The van der Waals surface area contributed by atoms with E-state index in [9.17, 15) is 4.79 Å². The molecule has 3 nitrogen and oxygen atoms in total. The molecule has 4 heteroatoms. The van der Waals surface area contributed by atoms with E-state index in [4.69, 9.17) is 0 Å². The molecule has 0 radical (unpaired) electrons. The molecule has 1 heterocycles. The highest BCUT2D eigenvalue weighted by atomic mass is 35.5. The standard InChI is InChI=1S/C14H24N2O.ClH/c1-10(13-6-15-7-13)14(17)16(8-11-2-3-11)9-12-4-5-12;/h10-13,15H,2-9H2,1H3;1H. The van der Waals surface area contributed by atoms with Gasteiger partial charge in [0, 0.05) is 19.0 Å². The molecular weight excluding hydrogens is 248 g/mol. The van der Waals surface area contributed by atoms with Crippen LogP contribution < -0.4 is 5.32 Å². The molecule has 2 saturated carbocycles. The number of halogens is 1. The molecule has 1 aliphatic heterocycles. The third kappa shape index (κ3) is 3.39. The zero-order valence-corrected chi connectivity index (χ0v) is 12.0. The van der Waals surface area contributed by atoms with Crippen molar-refractivity contribution in [2.75, 3.05) is 26.2 Å². The van der Waals surface area contributed by atoms with Crippen LogP contribution in [0.15, 0.2) is 0 Å². The zero-order valence-electron chi connectivity index (χ0n) is 11.2. The fourth-order valence-corrected chi connectivity index (χ4v) is 2.63. The van der Waals surface area contributed by atoms with Crippen LogP contribution in [0.4, 0.5) is 0 Å². The Hall–Kier alpha value is -0.280. The Morgan fingerprint density at radius 1 is 1.17 bits per heavy atom. The maximum atomic E-state index is 12.5. The van der Waals surface area contributed by atoms with Crippen LogP contribution in [0.3, 0.4) is 0 Å². The van der Waals surface area contributed by atoms with Gasteiger partial charge in [-0.15, -0.1) is 12.4 Å². The second kappa shape index (κ2) is 5.79. The minimum Gasteiger partial charge on any atom is -0.342 e. The van der Waals surface area contributed by atoms with Gasteiger partial charge < -0.3 is 10.2 Å². The van der Waals surface area contributed by atoms with Gasteiger partial charge in [0.15, 0.2) is 0 Å². The molecule has 2 aliphatic carbocycles. The van der Waals surface area contributed by atoms with Crippen molar-refractivity contribution in [2.45, 2.75) is 32.6 Å². The molecule has 104 valence electrons. The number of nitrogens with zero attached hydrogens (tertiary/aromatic N) is 1. The lowest BCUT2D eigenvalue weighted by atomic mass is 9.88. The van der Waals surface area contributed by atoms with Gasteiger partial charge in [-0.05, 0) is 56.5 Å². The highest BCUT2D eigenvalue weighted by Gasteiger charge is 2.36. The molecule has 1 unspecified atom stereocenters. The fraction of sp³-hybridized carbons (Fsp3) is 0.929. The van der Waals surface area contributed by atoms with E-state index in [-0.39, 0.29) is 18.3 Å². The first-order chi connectivity index (χ1) is 8.24. The Bertz CT molecular complexity index is 284. The van der Waals surface area contributed by atoms with Crippen LogP contribution in [0, 0.1) is 23.7 Å². The molecule has 1 amide bonds. The van der Waals surface area contributed by atoms with Crippen molar-refractivity contribution < 1.29 is 4.79 Å². The summed E-state index contributed by atoms with van der Waals surface area (Å²) in [5.74, 6) is 2.89. The lowest BCUT2D eigenvalue weighted by molar-refractivity contribution is -0.138. The minimum atomic E-state index is 0. The van der Waals surface area contributed by atoms with Gasteiger partial charge >= 0.3 is 0 Å². The Morgan fingerprint density at radius 2 is 1.67 bits per heavy atom. The van der Waals surface area contributed by atoms with Gasteiger partial charge in [0.05, 0.1) is 0 Å². The Kier molecular flexibility index (Phi) is 4.54. The van der Waals surface area contributed by atoms with E-state index in [0.717, 1.165) is 38.0 Å². The van der Waals surface area contributed by atoms with Crippen LogP contribution in [0.5, 0.6) is 0 Å². The van der Waals surface area contributed by atoms with Crippen molar-refractivity contribution in [1.82, 2.24) is 10.2 Å². The predicted octanol–water partition coefficient (Wildman–Crippen LogP) is 1.91. The molecule has 1 N–H and O–H groups in total. The van der Waals surface area contributed by atoms with Crippen LogP contribution in [-0.4, -0.2) is 37.0 Å². The van der Waals surface area contributed by atoms with Crippen molar-refractivity contribution in [3.8, 4) is 0 Å². The average Bonchev–Trinajstić information content (AvgIpc) is 3.06. The van der Waals surface area contributed by atoms with Crippen LogP contribution in [0.1, 0.15) is 32.6 Å². The van der Waals surface area contributed by atoms with Crippen molar-refractivity contribution in [1.29, 1.82) is 0 Å². The summed E-state index contributed by atoms with van der Waals surface area (Å²) in [4.78, 5) is 14.7. The van der Waals surface area contributed by atoms with E-state index in [2.05, 4.69) is 17.1 Å². The lowest BCUT2D eigenvalue weighted by Gasteiger charge is -2.35. The molecule has 3 rings (SSSR count). The molecule has 1 atom stereocenters. The summed E-state index contributed by atoms with van der Waals surface area (Å²) in [7, 11) is 0. The number of carbonyl (C=O) groups is 1. The van der Waals surface area contributed by atoms with Crippen LogP contribution >= 0.6 is 12.4 Å². The highest BCUT2D eigenvalue weighted by Crippen LogP contribution is 2.34. The van der Waals surface area contributed by atoms with E-state index in [1.807, 2.05) is 0 Å². The smallest absolute Gasteiger partial charge is 0.225 e. The first-order valence-electron chi connectivity index (χ1n) is 7.23. The first-order valence-corrected chi connectivity index (χ1v) is 7.23. The quantitative estimate of drug-likeness (QED) is 0.801. The van der Waals surface area contributed by atoms with Gasteiger partial charge in [0.2, 0.25) is 5.91 Å². The van der Waals surface area contributed by atoms with Gasteiger partial charge in [-0.2, -0.15) is 0 Å². The number of amides is 1. The summed E-state index contributed by atoms with van der Waals surface area (Å²) in [6.07, 6.45) is 5.36. The number of rotatable bonds is 6. The predicted molar refractivity (Wildman–Crippen MR) is 74.8 cm³/mol. The van der Waals surface area contributed by atoms with Gasteiger partial charge in [-0.25, -0.2) is 0 Å². The Balaban J connectivity index is 0.00000120. The highest BCUT2D eigenvalue weighted by molar-refractivity contribution is 5.85. The summed E-state index contributed by atoms with van der Waals surface area (Å²) in [5.41, 5.74) is 0. The Morgan fingerprint density at radius 3 is 2.00 bits per heavy atom. The van der Waals surface area contributed by atoms with E-state index >= 15 is 0 Å². The van der Waals surface area contributed by atoms with Crippen LogP contribution in [-0.2, 0) is 4.79 Å². The second-order valence-electron chi connectivity index (χ2n) is 6.34. The summed E-state index contributed by atoms with van der Waals surface area (Å²) in [6.45, 7) is 6.28. The molecule has 0 aromatic heterocycles. The molecule has 3 aliphatic rings. The molecule has 1 saturated heterocycles. The molecule has 0 bridgehead atoms. The van der Waals surface area contributed by atoms with Gasteiger partial charge in [-0.3, -0.25) is 4.79 Å². The topological polar surface area (TPSA) is 32.3 Å². The van der Waals surface area contributed by atoms with E-state index < -0.39 is 0 Å². The molecular formula is C14H25ClN2O. The lowest BCUT2D eigenvalue weighted by Crippen LogP contribution is -2.51. The number of hydrogen-bond donors (Lipinski definition) is 1. The number of carbonyl (C=O) groups excluding carboxylic acids is 1. The maximum Gasteiger partial charge on any atom is 0.225 e. The van der Waals surface area contributed by atoms with Crippen molar-refractivity contribution in [3.05, 3.63) is 0 Å². The molecule has 0 aromatic rings. The first kappa shape index (κ1) is 14.1. The SMILES string of the molecule is CC(C(=O)N(CC1CC1)CC1CC1)C1CNC1.Cl. The summed E-state index contributed by atoms with van der Waals surface area (Å²) < 4.78 is 0. The zero-order chi connectivity index (χ0) is 11.8. The normalized spacial score (nSPS) is 24.9. The fourth-order valence-electron chi connectivity index (χ4n) is 2.63. The van der Waals surface area contributed by atoms with Crippen molar-refractivity contribution in [2.24, 2.45) is 23.7 Å².